The second-order valence-electron chi connectivity index (χ2n) is 10.4. The minimum absolute atomic E-state index is 0.0184. The number of pyridine rings is 1. The van der Waals surface area contributed by atoms with Gasteiger partial charge in [-0.15, -0.1) is 6.42 Å². The normalized spacial score (nSPS) is 21.7. The lowest BCUT2D eigenvalue weighted by Crippen LogP contribution is -2.15. The van der Waals surface area contributed by atoms with Gasteiger partial charge in [0.15, 0.2) is 5.82 Å². The quantitative estimate of drug-likeness (QED) is 0.348. The lowest BCUT2D eigenvalue weighted by Gasteiger charge is -2.18. The number of aromatic nitrogens is 3. The zero-order valence-corrected chi connectivity index (χ0v) is 22.0. The Balaban J connectivity index is 0.00000129. The molecule has 0 spiro atoms. The van der Waals surface area contributed by atoms with E-state index in [4.69, 9.17) is 16.5 Å². The molecule has 1 aliphatic heterocycles. The number of hydrogen-bond acceptors (Lipinski definition) is 5. The Morgan fingerprint density at radius 3 is 2.45 bits per heavy atom. The van der Waals surface area contributed by atoms with Gasteiger partial charge in [0, 0.05) is 31.0 Å². The van der Waals surface area contributed by atoms with Crippen molar-refractivity contribution in [1.82, 2.24) is 20.1 Å². The van der Waals surface area contributed by atoms with Crippen molar-refractivity contribution in [2.45, 2.75) is 38.6 Å². The first kappa shape index (κ1) is 24.6. The number of rotatable bonds is 4. The van der Waals surface area contributed by atoms with Gasteiger partial charge in [-0.1, -0.05) is 25.8 Å². The first-order chi connectivity index (χ1) is 18.4. The van der Waals surface area contributed by atoms with Gasteiger partial charge in [-0.2, -0.15) is 5.10 Å². The third-order valence-corrected chi connectivity index (χ3v) is 7.97. The monoisotopic (exact) mass is 515 g/mol. The molecule has 2 aromatic heterocycles. The van der Waals surface area contributed by atoms with Crippen molar-refractivity contribution < 1.29 is 13.9 Å². The van der Waals surface area contributed by atoms with E-state index < -0.39 is 11.6 Å². The molecule has 2 N–H and O–H groups in total. The molecule has 3 heterocycles. The summed E-state index contributed by atoms with van der Waals surface area (Å²) in [4.78, 5) is 6.68. The number of piperidine rings is 1. The molecule has 0 radical (unpaired) electrons. The van der Waals surface area contributed by atoms with E-state index in [0.717, 1.165) is 37.0 Å². The van der Waals surface area contributed by atoms with E-state index in [9.17, 15) is 9.50 Å². The molecule has 8 heteroatoms. The Hall–Kier alpha value is -3.70. The van der Waals surface area contributed by atoms with Crippen molar-refractivity contribution in [3.05, 3.63) is 47.2 Å². The van der Waals surface area contributed by atoms with Crippen LogP contribution >= 0.6 is 0 Å². The summed E-state index contributed by atoms with van der Waals surface area (Å²) in [7, 11) is 3.76. The topological polar surface area (TPSA) is 66.2 Å². The summed E-state index contributed by atoms with van der Waals surface area (Å²) in [6.07, 6.45) is 7.57. The smallest absolute Gasteiger partial charge is 0.175 e. The second-order valence-corrected chi connectivity index (χ2v) is 10.4. The van der Waals surface area contributed by atoms with E-state index >= 15 is 4.39 Å². The van der Waals surface area contributed by atoms with Gasteiger partial charge in [0.2, 0.25) is 0 Å². The van der Waals surface area contributed by atoms with Crippen LogP contribution in [0.25, 0.3) is 32.9 Å². The first-order valence-corrected chi connectivity index (χ1v) is 13.3. The summed E-state index contributed by atoms with van der Waals surface area (Å²) in [5.41, 5.74) is 1.66. The van der Waals surface area contributed by atoms with Gasteiger partial charge in [-0.05, 0) is 61.4 Å². The number of terminal acetylenes is 1. The molecule has 38 heavy (non-hydrogen) atoms. The number of hydrogen-bond donors (Lipinski definition) is 2. The Morgan fingerprint density at radius 1 is 1.11 bits per heavy atom. The minimum atomic E-state index is -0.578. The lowest BCUT2D eigenvalue weighted by atomic mass is 9.95. The molecule has 1 saturated heterocycles. The lowest BCUT2D eigenvalue weighted by molar-refractivity contribution is 0.476. The molecule has 0 amide bonds. The van der Waals surface area contributed by atoms with Gasteiger partial charge >= 0.3 is 0 Å². The molecule has 7 rings (SSSR count). The fourth-order valence-corrected chi connectivity index (χ4v) is 6.10. The molecule has 196 valence electrons. The van der Waals surface area contributed by atoms with Gasteiger partial charge < -0.3 is 15.3 Å². The van der Waals surface area contributed by atoms with E-state index in [1.807, 2.05) is 37.5 Å². The van der Waals surface area contributed by atoms with Crippen LogP contribution in [0.5, 0.6) is 5.75 Å². The Bertz CT molecular complexity index is 1620. The fraction of sp³-hybridized carbons (Fsp3) is 0.400. The van der Waals surface area contributed by atoms with Crippen molar-refractivity contribution in [2.75, 3.05) is 32.1 Å². The Morgan fingerprint density at radius 2 is 1.82 bits per heavy atom. The Kier molecular flexibility index (Phi) is 5.80. The van der Waals surface area contributed by atoms with Crippen molar-refractivity contribution in [2.24, 2.45) is 11.8 Å². The third-order valence-electron chi connectivity index (χ3n) is 7.97. The highest BCUT2D eigenvalue weighted by Crippen LogP contribution is 2.58. The van der Waals surface area contributed by atoms with Crippen LogP contribution in [0.1, 0.15) is 49.9 Å². The maximum Gasteiger partial charge on any atom is 0.175 e. The van der Waals surface area contributed by atoms with Crippen molar-refractivity contribution in [3.63, 3.8) is 0 Å². The number of nitrogens with zero attached hydrogens (tertiary/aromatic N) is 4. The highest BCUT2D eigenvalue weighted by Gasteiger charge is 2.56. The maximum atomic E-state index is 16.6. The molecule has 4 aromatic rings. The van der Waals surface area contributed by atoms with E-state index in [0.29, 0.717) is 39.9 Å². The van der Waals surface area contributed by atoms with Crippen molar-refractivity contribution in [1.29, 1.82) is 0 Å². The van der Waals surface area contributed by atoms with Crippen molar-refractivity contribution >= 4 is 27.5 Å². The zero-order valence-electron chi connectivity index (χ0n) is 22.0. The number of benzene rings is 2. The van der Waals surface area contributed by atoms with Crippen LogP contribution < -0.4 is 10.2 Å². The second kappa shape index (κ2) is 8.95. The molecule has 0 bridgehead atoms. The molecule has 3 fully saturated rings. The number of halogens is 2. The first-order valence-electron chi connectivity index (χ1n) is 13.3. The average Bonchev–Trinajstić information content (AvgIpc) is 3.78. The summed E-state index contributed by atoms with van der Waals surface area (Å²) >= 11 is 0. The van der Waals surface area contributed by atoms with Crippen LogP contribution in [0.15, 0.2) is 24.3 Å². The largest absolute Gasteiger partial charge is 0.508 e. The molecule has 2 saturated carbocycles. The van der Waals surface area contributed by atoms with Gasteiger partial charge in [-0.25, -0.2) is 13.8 Å². The molecule has 6 nitrogen and oxygen atoms in total. The molecule has 3 aliphatic rings. The third kappa shape index (κ3) is 3.56. The molecular formula is C30H31F2N5O. The van der Waals surface area contributed by atoms with E-state index in [2.05, 4.69) is 11.2 Å². The van der Waals surface area contributed by atoms with E-state index in [1.165, 1.54) is 24.3 Å². The van der Waals surface area contributed by atoms with Crippen LogP contribution in [0.4, 0.5) is 14.6 Å². The van der Waals surface area contributed by atoms with Crippen LogP contribution in [-0.2, 0) is 0 Å². The Labute approximate surface area is 220 Å². The number of phenols is 1. The van der Waals surface area contributed by atoms with Crippen LogP contribution in [0.3, 0.4) is 0 Å². The number of phenolic OH excluding ortho intramolecular Hbond substituents is 1. The molecule has 2 atom stereocenters. The molecule has 2 aliphatic carbocycles. The van der Waals surface area contributed by atoms with Gasteiger partial charge in [0.1, 0.15) is 28.6 Å². The molecule has 2 aromatic carbocycles. The highest BCUT2D eigenvalue weighted by atomic mass is 19.1. The molecule has 2 unspecified atom stereocenters. The van der Waals surface area contributed by atoms with E-state index in [-0.39, 0.29) is 28.6 Å². The fourth-order valence-electron chi connectivity index (χ4n) is 6.10. The highest BCUT2D eigenvalue weighted by molar-refractivity contribution is 6.04. The average molecular weight is 516 g/mol. The summed E-state index contributed by atoms with van der Waals surface area (Å²) in [5, 5.41) is 20.5. The number of anilines is 1. The predicted octanol–water partition coefficient (Wildman–Crippen LogP) is 5.58. The van der Waals surface area contributed by atoms with Gasteiger partial charge in [0.05, 0.1) is 22.7 Å². The SMILES string of the molecule is C#Cc1c(F)ccc2cc(O)cc(-c3nc(N(C)C)c4c(C5C6CNCC65)nn(C5CC5)c4c3F)c12.CC. The number of aromatic hydroxyl groups is 1. The molecular weight excluding hydrogens is 484 g/mol. The number of nitrogens with one attached hydrogen (secondary N) is 1. The van der Waals surface area contributed by atoms with Crippen LogP contribution in [0.2, 0.25) is 0 Å². The van der Waals surface area contributed by atoms with Crippen molar-refractivity contribution in [3.8, 4) is 29.4 Å². The standard InChI is InChI=1S/C28H25F2N5O.C2H6/c1-4-16-20(29)8-5-13-9-15(36)10-17(21(13)16)25-24(30)27-23(28(32-25)34(2)3)26(33-35(27)14-6-7-14)22-18-11-31-12-19(18)22;1-2/h1,5,8-10,14,18-19,22,31,36H,6-7,11-12H2,2-3H3;1-2H3. The van der Waals surface area contributed by atoms with Gasteiger partial charge in [0.25, 0.3) is 0 Å². The van der Waals surface area contributed by atoms with Crippen LogP contribution in [-0.4, -0.2) is 47.1 Å². The summed E-state index contributed by atoms with van der Waals surface area (Å²) in [5.74, 6) is 3.17. The summed E-state index contributed by atoms with van der Waals surface area (Å²) < 4.78 is 33.2. The maximum absolute atomic E-state index is 16.6. The summed E-state index contributed by atoms with van der Waals surface area (Å²) in [6.45, 7) is 5.90. The minimum Gasteiger partial charge on any atom is -0.508 e. The van der Waals surface area contributed by atoms with Gasteiger partial charge in [-0.3, -0.25) is 4.68 Å². The predicted molar refractivity (Wildman–Crippen MR) is 147 cm³/mol. The number of fused-ring (bicyclic) bond motifs is 3. The summed E-state index contributed by atoms with van der Waals surface area (Å²) in [6, 6.07) is 5.85. The van der Waals surface area contributed by atoms with Crippen LogP contribution in [0, 0.1) is 35.8 Å². The zero-order chi connectivity index (χ0) is 26.9. The van der Waals surface area contributed by atoms with E-state index in [1.54, 1.807) is 0 Å².